The van der Waals surface area contributed by atoms with E-state index in [2.05, 4.69) is 22.1 Å². The van der Waals surface area contributed by atoms with E-state index in [-0.39, 0.29) is 12.5 Å². The van der Waals surface area contributed by atoms with E-state index in [1.807, 2.05) is 26.0 Å². The van der Waals surface area contributed by atoms with E-state index in [1.165, 1.54) is 0 Å². The van der Waals surface area contributed by atoms with Crippen LogP contribution in [0.15, 0.2) is 36.5 Å². The maximum Gasteiger partial charge on any atom is 0.256 e. The summed E-state index contributed by atoms with van der Waals surface area (Å²) in [4.78, 5) is 16.4. The minimum Gasteiger partial charge on any atom is -0.384 e. The van der Waals surface area contributed by atoms with Gasteiger partial charge in [0.2, 0.25) is 0 Å². The number of benzene rings is 1. The van der Waals surface area contributed by atoms with Crippen molar-refractivity contribution < 1.29 is 9.90 Å². The van der Waals surface area contributed by atoms with Crippen LogP contribution in [0.4, 0.5) is 5.82 Å². The maximum absolute atomic E-state index is 12.2. The van der Waals surface area contributed by atoms with E-state index in [4.69, 9.17) is 5.11 Å². The maximum atomic E-state index is 12.2. The molecule has 0 bridgehead atoms. The zero-order valence-corrected chi connectivity index (χ0v) is 12.0. The van der Waals surface area contributed by atoms with Crippen LogP contribution in [0.1, 0.15) is 27.0 Å². The van der Waals surface area contributed by atoms with Crippen molar-refractivity contribution in [3.8, 4) is 11.8 Å². The van der Waals surface area contributed by atoms with Crippen LogP contribution >= 0.6 is 0 Å². The summed E-state index contributed by atoms with van der Waals surface area (Å²) in [5.74, 6) is 5.79. The number of carbonyl (C=O) groups excluding carboxylic acids is 1. The first kappa shape index (κ1) is 14.8. The monoisotopic (exact) mass is 280 g/mol. The Bertz CT molecular complexity index is 727. The fourth-order valence-electron chi connectivity index (χ4n) is 1.88. The summed E-state index contributed by atoms with van der Waals surface area (Å²) in [6.07, 6.45) is 1.64. The highest BCUT2D eigenvalue weighted by Crippen LogP contribution is 2.14. The van der Waals surface area contributed by atoms with Gasteiger partial charge in [-0.1, -0.05) is 17.9 Å². The number of nitrogens with zero attached hydrogens (tertiary/aromatic N) is 1. The summed E-state index contributed by atoms with van der Waals surface area (Å²) >= 11 is 0. The molecule has 1 heterocycles. The molecule has 1 amide bonds. The second kappa shape index (κ2) is 6.69. The SMILES string of the molecule is Cc1cc(C(=O)Nc2ncccc2C)ccc1C#CCO. The van der Waals surface area contributed by atoms with Crippen LogP contribution in [0.3, 0.4) is 0 Å². The van der Waals surface area contributed by atoms with Gasteiger partial charge >= 0.3 is 0 Å². The number of hydrogen-bond donors (Lipinski definition) is 2. The van der Waals surface area contributed by atoms with Crippen LogP contribution in [0, 0.1) is 25.7 Å². The van der Waals surface area contributed by atoms with Gasteiger partial charge in [-0.25, -0.2) is 4.98 Å². The first-order valence-electron chi connectivity index (χ1n) is 6.55. The standard InChI is InChI=1S/C17H16N2O2/c1-12-5-3-9-18-16(12)19-17(21)15-8-7-14(6-4-10-20)13(2)11-15/h3,5,7-9,11,20H,10H2,1-2H3,(H,18,19,21). The summed E-state index contributed by atoms with van der Waals surface area (Å²) in [5, 5.41) is 11.5. The molecule has 0 unspecified atom stereocenters. The lowest BCUT2D eigenvalue weighted by Gasteiger charge is -2.08. The Morgan fingerprint density at radius 1 is 1.29 bits per heavy atom. The average Bonchev–Trinajstić information content (AvgIpc) is 2.48. The van der Waals surface area contributed by atoms with Gasteiger partial charge in [0.25, 0.3) is 5.91 Å². The normalized spacial score (nSPS) is 9.67. The van der Waals surface area contributed by atoms with Gasteiger partial charge in [-0.3, -0.25) is 4.79 Å². The molecule has 4 nitrogen and oxygen atoms in total. The van der Waals surface area contributed by atoms with E-state index in [0.29, 0.717) is 11.4 Å². The number of aliphatic hydroxyl groups is 1. The van der Waals surface area contributed by atoms with Gasteiger partial charge in [0.05, 0.1) is 0 Å². The molecule has 0 atom stereocenters. The molecule has 2 rings (SSSR count). The quantitative estimate of drug-likeness (QED) is 0.830. The third kappa shape index (κ3) is 3.68. The van der Waals surface area contributed by atoms with Gasteiger partial charge in [-0.2, -0.15) is 0 Å². The largest absolute Gasteiger partial charge is 0.384 e. The lowest BCUT2D eigenvalue weighted by Crippen LogP contribution is -2.14. The smallest absolute Gasteiger partial charge is 0.256 e. The van der Waals surface area contributed by atoms with E-state index in [0.717, 1.165) is 16.7 Å². The third-order valence-electron chi connectivity index (χ3n) is 3.03. The molecule has 0 spiro atoms. The number of rotatable bonds is 2. The van der Waals surface area contributed by atoms with Crippen LogP contribution in [0.5, 0.6) is 0 Å². The van der Waals surface area contributed by atoms with Crippen molar-refractivity contribution >= 4 is 11.7 Å². The molecular weight excluding hydrogens is 264 g/mol. The third-order valence-corrected chi connectivity index (χ3v) is 3.03. The van der Waals surface area contributed by atoms with Crippen LogP contribution in [-0.4, -0.2) is 22.6 Å². The number of carbonyl (C=O) groups is 1. The molecule has 0 aliphatic carbocycles. The number of pyridine rings is 1. The zero-order chi connectivity index (χ0) is 15.2. The van der Waals surface area contributed by atoms with Gasteiger partial charge in [0.1, 0.15) is 12.4 Å². The van der Waals surface area contributed by atoms with Crippen molar-refractivity contribution in [1.82, 2.24) is 4.98 Å². The first-order valence-corrected chi connectivity index (χ1v) is 6.55. The van der Waals surface area contributed by atoms with Gasteiger partial charge < -0.3 is 10.4 Å². The molecule has 21 heavy (non-hydrogen) atoms. The molecule has 0 saturated carbocycles. The van der Waals surface area contributed by atoms with Crippen molar-refractivity contribution in [3.63, 3.8) is 0 Å². The molecule has 0 radical (unpaired) electrons. The highest BCUT2D eigenvalue weighted by Gasteiger charge is 2.09. The Labute approximate surface area is 123 Å². The zero-order valence-electron chi connectivity index (χ0n) is 12.0. The Balaban J connectivity index is 2.21. The van der Waals surface area contributed by atoms with Crippen LogP contribution in [0.25, 0.3) is 0 Å². The van der Waals surface area contributed by atoms with Gasteiger partial charge in [0.15, 0.2) is 0 Å². The molecule has 0 fully saturated rings. The molecule has 2 N–H and O–H groups in total. The van der Waals surface area contributed by atoms with Gasteiger partial charge in [-0.05, 0) is 49.2 Å². The second-order valence-corrected chi connectivity index (χ2v) is 4.61. The summed E-state index contributed by atoms with van der Waals surface area (Å²) in [6, 6.07) is 8.97. The number of aliphatic hydroxyl groups excluding tert-OH is 1. The van der Waals surface area contributed by atoms with Gasteiger partial charge in [0, 0.05) is 17.3 Å². The predicted molar refractivity (Wildman–Crippen MR) is 82.1 cm³/mol. The van der Waals surface area contributed by atoms with E-state index >= 15 is 0 Å². The molecular formula is C17H16N2O2. The van der Waals surface area contributed by atoms with Crippen molar-refractivity contribution in [2.45, 2.75) is 13.8 Å². The van der Waals surface area contributed by atoms with E-state index < -0.39 is 0 Å². The number of hydrogen-bond acceptors (Lipinski definition) is 3. The number of amides is 1. The fourth-order valence-corrected chi connectivity index (χ4v) is 1.88. The van der Waals surface area contributed by atoms with Crippen LogP contribution in [0.2, 0.25) is 0 Å². The molecule has 0 aliphatic heterocycles. The number of aromatic nitrogens is 1. The van der Waals surface area contributed by atoms with Crippen LogP contribution < -0.4 is 5.32 Å². The average molecular weight is 280 g/mol. The van der Waals surface area contributed by atoms with E-state index in [9.17, 15) is 4.79 Å². The minimum absolute atomic E-state index is 0.180. The summed E-state index contributed by atoms with van der Waals surface area (Å²) < 4.78 is 0. The lowest BCUT2D eigenvalue weighted by molar-refractivity contribution is 0.102. The summed E-state index contributed by atoms with van der Waals surface area (Å²) in [6.45, 7) is 3.59. The lowest BCUT2D eigenvalue weighted by atomic mass is 10.0. The molecule has 4 heteroatoms. The Hall–Kier alpha value is -2.64. The number of anilines is 1. The molecule has 2 aromatic rings. The van der Waals surface area contributed by atoms with Crippen molar-refractivity contribution in [1.29, 1.82) is 0 Å². The van der Waals surface area contributed by atoms with Crippen LogP contribution in [-0.2, 0) is 0 Å². The molecule has 0 saturated heterocycles. The van der Waals surface area contributed by atoms with Crippen molar-refractivity contribution in [2.75, 3.05) is 11.9 Å². The second-order valence-electron chi connectivity index (χ2n) is 4.61. The highest BCUT2D eigenvalue weighted by molar-refractivity contribution is 6.04. The first-order chi connectivity index (χ1) is 10.1. The molecule has 0 aliphatic rings. The highest BCUT2D eigenvalue weighted by atomic mass is 16.2. The van der Waals surface area contributed by atoms with Gasteiger partial charge in [-0.15, -0.1) is 0 Å². The minimum atomic E-state index is -0.207. The number of nitrogens with one attached hydrogen (secondary N) is 1. The molecule has 1 aromatic heterocycles. The summed E-state index contributed by atoms with van der Waals surface area (Å²) in [5.41, 5.74) is 3.15. The number of aryl methyl sites for hydroxylation is 2. The Morgan fingerprint density at radius 3 is 2.76 bits per heavy atom. The summed E-state index contributed by atoms with van der Waals surface area (Å²) in [7, 11) is 0. The fraction of sp³-hybridized carbons (Fsp3) is 0.176. The predicted octanol–water partition coefficient (Wildman–Crippen LogP) is 2.29. The van der Waals surface area contributed by atoms with E-state index in [1.54, 1.807) is 24.4 Å². The molecule has 106 valence electrons. The van der Waals surface area contributed by atoms with Crippen molar-refractivity contribution in [2.24, 2.45) is 0 Å². The topological polar surface area (TPSA) is 62.2 Å². The Morgan fingerprint density at radius 2 is 2.10 bits per heavy atom. The molecule has 1 aromatic carbocycles. The van der Waals surface area contributed by atoms with Crippen molar-refractivity contribution in [3.05, 3.63) is 58.8 Å². The Kier molecular flexibility index (Phi) is 4.70.